The number of rotatable bonds is 4. The molecule has 3 rings (SSSR count). The molecular weight excluding hydrogens is 342 g/mol. The molecule has 0 bridgehead atoms. The normalized spacial score (nSPS) is 15.4. The molecule has 2 aromatic rings. The highest BCUT2D eigenvalue weighted by Gasteiger charge is 2.26. The van der Waals surface area contributed by atoms with Crippen LogP contribution in [0.15, 0.2) is 23.4 Å². The Labute approximate surface area is 146 Å². The fourth-order valence-electron chi connectivity index (χ4n) is 3.18. The number of carbonyl (C=O) groups is 1. The maximum absolute atomic E-state index is 12.4. The Hall–Kier alpha value is -2.22. The highest BCUT2D eigenvalue weighted by atomic mass is 32.2. The molecule has 0 saturated carbocycles. The molecule has 2 aromatic heterocycles. The molecule has 0 radical (unpaired) electrons. The summed E-state index contributed by atoms with van der Waals surface area (Å²) < 4.78 is 29.8. The third-order valence-electron chi connectivity index (χ3n) is 4.24. The van der Waals surface area contributed by atoms with Crippen LogP contribution in [0.3, 0.4) is 0 Å². The zero-order valence-electron chi connectivity index (χ0n) is 14.4. The lowest BCUT2D eigenvalue weighted by molar-refractivity contribution is 0.0521. The molecule has 0 atom stereocenters. The topological polar surface area (TPSA) is 89.5 Å². The van der Waals surface area contributed by atoms with Crippen molar-refractivity contribution in [3.05, 3.63) is 24.0 Å². The number of carbonyl (C=O) groups excluding carboxylic acids is 1. The van der Waals surface area contributed by atoms with E-state index in [1.807, 2.05) is 0 Å². The average Bonchev–Trinajstić information content (AvgIpc) is 2.60. The Bertz CT molecular complexity index is 905. The summed E-state index contributed by atoms with van der Waals surface area (Å²) >= 11 is 0. The molecular formula is C17H21N3O4S. The number of ether oxygens (including phenoxy) is 1. The van der Waals surface area contributed by atoms with E-state index < -0.39 is 15.8 Å². The van der Waals surface area contributed by atoms with Gasteiger partial charge >= 0.3 is 5.97 Å². The number of sulfone groups is 1. The standard InChI is InChI=1S/C17H21N3O4S/c1-3-24-17(21)13-11-19-14-12(15(13)25(2,22)23)7-8-18-16(14)20-9-5-4-6-10-20/h7-8,11H,3-6,9-10H2,1-2H3. The first-order chi connectivity index (χ1) is 11.9. The fourth-order valence-corrected chi connectivity index (χ4v) is 4.28. The first-order valence-corrected chi connectivity index (χ1v) is 10.2. The monoisotopic (exact) mass is 363 g/mol. The van der Waals surface area contributed by atoms with Crippen molar-refractivity contribution in [2.45, 2.75) is 31.1 Å². The summed E-state index contributed by atoms with van der Waals surface area (Å²) in [5, 5.41) is 0.406. The van der Waals surface area contributed by atoms with E-state index in [2.05, 4.69) is 14.9 Å². The minimum absolute atomic E-state index is 0.0346. The highest BCUT2D eigenvalue weighted by molar-refractivity contribution is 7.91. The summed E-state index contributed by atoms with van der Waals surface area (Å²) in [7, 11) is -3.66. The smallest absolute Gasteiger partial charge is 0.341 e. The van der Waals surface area contributed by atoms with Crippen molar-refractivity contribution >= 4 is 32.5 Å². The third kappa shape index (κ3) is 3.44. The van der Waals surface area contributed by atoms with E-state index in [1.165, 1.54) is 12.6 Å². The van der Waals surface area contributed by atoms with Gasteiger partial charge in [-0.15, -0.1) is 0 Å². The second kappa shape index (κ2) is 6.95. The number of esters is 1. The van der Waals surface area contributed by atoms with Crippen LogP contribution in [-0.2, 0) is 14.6 Å². The lowest BCUT2D eigenvalue weighted by atomic mass is 10.1. The molecule has 3 heterocycles. The van der Waals surface area contributed by atoms with Crippen LogP contribution in [0.4, 0.5) is 5.82 Å². The minimum Gasteiger partial charge on any atom is -0.462 e. The molecule has 1 aliphatic heterocycles. The number of anilines is 1. The molecule has 0 aromatic carbocycles. The van der Waals surface area contributed by atoms with Gasteiger partial charge in [-0.05, 0) is 32.3 Å². The average molecular weight is 363 g/mol. The van der Waals surface area contributed by atoms with Gasteiger partial charge in [0, 0.05) is 37.1 Å². The van der Waals surface area contributed by atoms with E-state index in [1.54, 1.807) is 19.2 Å². The number of fused-ring (bicyclic) bond motifs is 1. The van der Waals surface area contributed by atoms with Crippen LogP contribution in [0.2, 0.25) is 0 Å². The van der Waals surface area contributed by atoms with Gasteiger partial charge in [-0.1, -0.05) is 0 Å². The SMILES string of the molecule is CCOC(=O)c1cnc2c(N3CCCCC3)nccc2c1S(C)(=O)=O. The van der Waals surface area contributed by atoms with Gasteiger partial charge in [-0.3, -0.25) is 4.98 Å². The molecule has 134 valence electrons. The van der Waals surface area contributed by atoms with Crippen molar-refractivity contribution < 1.29 is 17.9 Å². The Morgan fingerprint density at radius 2 is 1.96 bits per heavy atom. The summed E-state index contributed by atoms with van der Waals surface area (Å²) in [5.74, 6) is -0.0221. The van der Waals surface area contributed by atoms with Gasteiger partial charge < -0.3 is 9.64 Å². The molecule has 0 N–H and O–H groups in total. The summed E-state index contributed by atoms with van der Waals surface area (Å²) in [5.41, 5.74) is 0.463. The lowest BCUT2D eigenvalue weighted by Gasteiger charge is -2.28. The number of hydrogen-bond donors (Lipinski definition) is 0. The predicted octanol–water partition coefficient (Wildman–Crippen LogP) is 2.20. The largest absolute Gasteiger partial charge is 0.462 e. The maximum Gasteiger partial charge on any atom is 0.341 e. The maximum atomic E-state index is 12.4. The molecule has 25 heavy (non-hydrogen) atoms. The first-order valence-electron chi connectivity index (χ1n) is 8.33. The van der Waals surface area contributed by atoms with Crippen molar-refractivity contribution in [2.24, 2.45) is 0 Å². The number of nitrogens with zero attached hydrogens (tertiary/aromatic N) is 3. The van der Waals surface area contributed by atoms with Gasteiger partial charge in [0.15, 0.2) is 15.7 Å². The van der Waals surface area contributed by atoms with Crippen molar-refractivity contribution in [1.82, 2.24) is 9.97 Å². The Morgan fingerprint density at radius 3 is 2.60 bits per heavy atom. The van der Waals surface area contributed by atoms with E-state index in [0.29, 0.717) is 16.7 Å². The zero-order chi connectivity index (χ0) is 18.0. The van der Waals surface area contributed by atoms with Crippen LogP contribution in [0.5, 0.6) is 0 Å². The van der Waals surface area contributed by atoms with Crippen LogP contribution in [0, 0.1) is 0 Å². The third-order valence-corrected chi connectivity index (χ3v) is 5.42. The van der Waals surface area contributed by atoms with E-state index in [-0.39, 0.29) is 17.1 Å². The zero-order valence-corrected chi connectivity index (χ0v) is 15.2. The van der Waals surface area contributed by atoms with Gasteiger partial charge in [0.25, 0.3) is 0 Å². The molecule has 7 nitrogen and oxygen atoms in total. The van der Waals surface area contributed by atoms with Crippen molar-refractivity contribution in [1.29, 1.82) is 0 Å². The van der Waals surface area contributed by atoms with Gasteiger partial charge in [-0.2, -0.15) is 0 Å². The summed E-state index contributed by atoms with van der Waals surface area (Å²) in [6.07, 6.45) is 7.25. The minimum atomic E-state index is -3.66. The lowest BCUT2D eigenvalue weighted by Crippen LogP contribution is -2.30. The van der Waals surface area contributed by atoms with E-state index in [0.717, 1.165) is 32.2 Å². The number of hydrogen-bond acceptors (Lipinski definition) is 7. The van der Waals surface area contributed by atoms with Crippen LogP contribution in [0.25, 0.3) is 10.9 Å². The number of pyridine rings is 2. The summed E-state index contributed by atoms with van der Waals surface area (Å²) in [6.45, 7) is 3.56. The molecule has 1 fully saturated rings. The van der Waals surface area contributed by atoms with Crippen LogP contribution in [0.1, 0.15) is 36.5 Å². The molecule has 0 aliphatic carbocycles. The molecule has 0 unspecified atom stereocenters. The second-order valence-corrected chi connectivity index (χ2v) is 8.02. The summed E-state index contributed by atoms with van der Waals surface area (Å²) in [4.78, 5) is 23.0. The molecule has 0 spiro atoms. The quantitative estimate of drug-likeness (QED) is 0.769. The van der Waals surface area contributed by atoms with E-state index in [9.17, 15) is 13.2 Å². The molecule has 1 aliphatic rings. The van der Waals surface area contributed by atoms with E-state index >= 15 is 0 Å². The Morgan fingerprint density at radius 1 is 1.24 bits per heavy atom. The van der Waals surface area contributed by atoms with Crippen LogP contribution < -0.4 is 4.90 Å². The van der Waals surface area contributed by atoms with Gasteiger partial charge in [0.1, 0.15) is 5.52 Å². The molecule has 1 saturated heterocycles. The second-order valence-electron chi connectivity index (χ2n) is 6.07. The number of aromatic nitrogens is 2. The van der Waals surface area contributed by atoms with Crippen LogP contribution in [-0.4, -0.2) is 50.3 Å². The summed E-state index contributed by atoms with van der Waals surface area (Å²) in [6, 6.07) is 1.59. The van der Waals surface area contributed by atoms with Crippen LogP contribution >= 0.6 is 0 Å². The first kappa shape index (κ1) is 17.6. The van der Waals surface area contributed by atoms with Crippen molar-refractivity contribution in [2.75, 3.05) is 30.9 Å². The van der Waals surface area contributed by atoms with E-state index in [4.69, 9.17) is 4.74 Å². The molecule has 0 amide bonds. The number of piperidine rings is 1. The predicted molar refractivity (Wildman–Crippen MR) is 94.7 cm³/mol. The van der Waals surface area contributed by atoms with Gasteiger partial charge in [0.2, 0.25) is 0 Å². The Kier molecular flexibility index (Phi) is 4.89. The van der Waals surface area contributed by atoms with Gasteiger partial charge in [-0.25, -0.2) is 18.2 Å². The highest BCUT2D eigenvalue weighted by Crippen LogP contribution is 2.31. The Balaban J connectivity index is 2.24. The van der Waals surface area contributed by atoms with Gasteiger partial charge in [0.05, 0.1) is 17.1 Å². The fraction of sp³-hybridized carbons (Fsp3) is 0.471. The van der Waals surface area contributed by atoms with Crippen molar-refractivity contribution in [3.8, 4) is 0 Å². The van der Waals surface area contributed by atoms with Crippen molar-refractivity contribution in [3.63, 3.8) is 0 Å². The molecule has 8 heteroatoms.